The number of aliphatic hydroxyl groups excluding tert-OH is 1. The molecule has 5 nitrogen and oxygen atoms in total. The first-order chi connectivity index (χ1) is 9.71. The highest BCUT2D eigenvalue weighted by Crippen LogP contribution is 2.25. The van der Waals surface area contributed by atoms with Gasteiger partial charge in [-0.05, 0) is 25.0 Å². The Morgan fingerprint density at radius 2 is 2.20 bits per heavy atom. The van der Waals surface area contributed by atoms with Crippen LogP contribution in [0.4, 0.5) is 0 Å². The molecule has 0 fully saturated rings. The van der Waals surface area contributed by atoms with Gasteiger partial charge in [-0.25, -0.2) is 4.98 Å². The second-order valence-corrected chi connectivity index (χ2v) is 4.86. The minimum Gasteiger partial charge on any atom is -0.494 e. The minimum atomic E-state index is -0.117. The maximum atomic E-state index is 9.23. The lowest BCUT2D eigenvalue weighted by molar-refractivity contribution is 0.275. The summed E-state index contributed by atoms with van der Waals surface area (Å²) in [5.41, 5.74) is 7.97. The molecule has 0 bridgehead atoms. The smallest absolute Gasteiger partial charge is 0.126 e. The van der Waals surface area contributed by atoms with Gasteiger partial charge in [0.1, 0.15) is 11.6 Å². The van der Waals surface area contributed by atoms with Crippen LogP contribution in [0, 0.1) is 0 Å². The number of aliphatic hydroxyl groups is 1. The lowest BCUT2D eigenvalue weighted by Crippen LogP contribution is -2.17. The van der Waals surface area contributed by atoms with Gasteiger partial charge in [0.05, 0.1) is 30.3 Å². The van der Waals surface area contributed by atoms with Crippen molar-refractivity contribution in [3.63, 3.8) is 0 Å². The van der Waals surface area contributed by atoms with Crippen LogP contribution in [0.3, 0.4) is 0 Å². The van der Waals surface area contributed by atoms with Gasteiger partial charge in [-0.3, -0.25) is 0 Å². The van der Waals surface area contributed by atoms with Crippen LogP contribution >= 0.6 is 0 Å². The van der Waals surface area contributed by atoms with E-state index in [0.717, 1.165) is 35.4 Å². The van der Waals surface area contributed by atoms with Crippen molar-refractivity contribution in [1.82, 2.24) is 9.55 Å². The van der Waals surface area contributed by atoms with Crippen molar-refractivity contribution in [3.05, 3.63) is 24.0 Å². The molecule has 20 heavy (non-hydrogen) atoms. The zero-order valence-corrected chi connectivity index (χ0v) is 12.2. The molecule has 0 saturated carbocycles. The number of nitrogens with two attached hydrogens (primary N) is 1. The number of aromatic nitrogens is 2. The summed E-state index contributed by atoms with van der Waals surface area (Å²) in [7, 11) is 0. The Hall–Kier alpha value is -1.59. The first kappa shape index (κ1) is 14.8. The lowest BCUT2D eigenvalue weighted by atomic mass is 10.2. The highest BCUT2D eigenvalue weighted by atomic mass is 16.5. The average molecular weight is 277 g/mol. The molecule has 1 atom stereocenters. The summed E-state index contributed by atoms with van der Waals surface area (Å²) < 4.78 is 7.62. The zero-order chi connectivity index (χ0) is 14.5. The largest absolute Gasteiger partial charge is 0.494 e. The van der Waals surface area contributed by atoms with E-state index in [4.69, 9.17) is 10.5 Å². The van der Waals surface area contributed by atoms with E-state index in [0.29, 0.717) is 13.2 Å². The molecule has 3 N–H and O–H groups in total. The highest BCUT2D eigenvalue weighted by molar-refractivity contribution is 5.78. The summed E-state index contributed by atoms with van der Waals surface area (Å²) in [6, 6.07) is 5.74. The van der Waals surface area contributed by atoms with Crippen LogP contribution in [0.1, 0.15) is 38.6 Å². The Morgan fingerprint density at radius 1 is 1.40 bits per heavy atom. The molecule has 2 aromatic rings. The van der Waals surface area contributed by atoms with Gasteiger partial charge in [0.25, 0.3) is 0 Å². The van der Waals surface area contributed by atoms with Crippen LogP contribution in [0.25, 0.3) is 11.0 Å². The number of nitrogens with zero attached hydrogens (tertiary/aromatic N) is 2. The number of hydrogen-bond donors (Lipinski definition) is 2. The van der Waals surface area contributed by atoms with Crippen molar-refractivity contribution >= 4 is 11.0 Å². The van der Waals surface area contributed by atoms with E-state index >= 15 is 0 Å². The summed E-state index contributed by atoms with van der Waals surface area (Å²) in [5.74, 6) is 1.65. The molecular formula is C15H23N3O2. The van der Waals surface area contributed by atoms with Crippen molar-refractivity contribution in [2.45, 2.75) is 39.3 Å². The summed E-state index contributed by atoms with van der Waals surface area (Å²) in [6.45, 7) is 5.39. The van der Waals surface area contributed by atoms with E-state index in [1.54, 1.807) is 0 Å². The molecule has 1 unspecified atom stereocenters. The maximum absolute atomic E-state index is 9.23. The predicted octanol–water partition coefficient (Wildman–Crippen LogP) is 2.23. The molecule has 0 aliphatic rings. The van der Waals surface area contributed by atoms with Crippen LogP contribution in [0.5, 0.6) is 5.75 Å². The standard InChI is InChI=1S/C15H23N3O2/c1-3-9-20-11-5-6-14-13(10-11)17-15(12(16)4-2)18(14)7-8-19/h5-6,10,12,19H,3-4,7-9,16H2,1-2H3. The minimum absolute atomic E-state index is 0.0724. The molecule has 0 radical (unpaired) electrons. The molecule has 1 heterocycles. The molecular weight excluding hydrogens is 254 g/mol. The fraction of sp³-hybridized carbons (Fsp3) is 0.533. The molecule has 0 aliphatic heterocycles. The van der Waals surface area contributed by atoms with Gasteiger partial charge in [-0.2, -0.15) is 0 Å². The van der Waals surface area contributed by atoms with Crippen LogP contribution in [0.2, 0.25) is 0 Å². The van der Waals surface area contributed by atoms with Gasteiger partial charge in [0.2, 0.25) is 0 Å². The van der Waals surface area contributed by atoms with E-state index in [2.05, 4.69) is 11.9 Å². The SMILES string of the molecule is CCCOc1ccc2c(c1)nc(C(N)CC)n2CCO. The summed E-state index contributed by atoms with van der Waals surface area (Å²) in [5, 5.41) is 9.23. The normalized spacial score (nSPS) is 12.8. The summed E-state index contributed by atoms with van der Waals surface area (Å²) in [4.78, 5) is 4.62. The number of benzene rings is 1. The van der Waals surface area contributed by atoms with Crippen molar-refractivity contribution in [3.8, 4) is 5.75 Å². The monoisotopic (exact) mass is 277 g/mol. The zero-order valence-electron chi connectivity index (χ0n) is 12.2. The van der Waals surface area contributed by atoms with Gasteiger partial charge in [-0.1, -0.05) is 13.8 Å². The molecule has 0 saturated heterocycles. The first-order valence-corrected chi connectivity index (χ1v) is 7.20. The van der Waals surface area contributed by atoms with Gasteiger partial charge in [0.15, 0.2) is 0 Å². The topological polar surface area (TPSA) is 73.3 Å². The first-order valence-electron chi connectivity index (χ1n) is 7.20. The maximum Gasteiger partial charge on any atom is 0.126 e. The highest BCUT2D eigenvalue weighted by Gasteiger charge is 2.15. The van der Waals surface area contributed by atoms with Crippen LogP contribution in [-0.2, 0) is 6.54 Å². The Bertz CT molecular complexity index is 565. The van der Waals surface area contributed by atoms with E-state index in [-0.39, 0.29) is 12.6 Å². The second kappa shape index (κ2) is 6.72. The van der Waals surface area contributed by atoms with E-state index in [9.17, 15) is 5.11 Å². The third kappa shape index (κ3) is 2.94. The Labute approximate surface area is 119 Å². The van der Waals surface area contributed by atoms with Gasteiger partial charge < -0.3 is 20.1 Å². The quantitative estimate of drug-likeness (QED) is 0.814. The van der Waals surface area contributed by atoms with E-state index in [1.165, 1.54) is 0 Å². The fourth-order valence-electron chi connectivity index (χ4n) is 2.24. The summed E-state index contributed by atoms with van der Waals surface area (Å²) >= 11 is 0. The van der Waals surface area contributed by atoms with Crippen LogP contribution in [0.15, 0.2) is 18.2 Å². The summed E-state index contributed by atoms with van der Waals surface area (Å²) in [6.07, 6.45) is 1.79. The van der Waals surface area contributed by atoms with Crippen molar-refractivity contribution in [1.29, 1.82) is 0 Å². The fourth-order valence-corrected chi connectivity index (χ4v) is 2.24. The number of hydrogen-bond acceptors (Lipinski definition) is 4. The third-order valence-electron chi connectivity index (χ3n) is 3.32. The predicted molar refractivity (Wildman–Crippen MR) is 79.8 cm³/mol. The van der Waals surface area contributed by atoms with Gasteiger partial charge in [-0.15, -0.1) is 0 Å². The van der Waals surface area contributed by atoms with E-state index in [1.807, 2.05) is 29.7 Å². The van der Waals surface area contributed by atoms with Crippen molar-refractivity contribution in [2.75, 3.05) is 13.2 Å². The van der Waals surface area contributed by atoms with Gasteiger partial charge in [0, 0.05) is 12.6 Å². The second-order valence-electron chi connectivity index (χ2n) is 4.86. The number of rotatable bonds is 7. The molecule has 110 valence electrons. The Balaban J connectivity index is 2.43. The molecule has 5 heteroatoms. The number of imidazole rings is 1. The van der Waals surface area contributed by atoms with E-state index < -0.39 is 0 Å². The molecule has 0 spiro atoms. The van der Waals surface area contributed by atoms with Crippen molar-refractivity contribution in [2.24, 2.45) is 5.73 Å². The Morgan fingerprint density at radius 3 is 2.85 bits per heavy atom. The lowest BCUT2D eigenvalue weighted by Gasteiger charge is -2.12. The van der Waals surface area contributed by atoms with Crippen LogP contribution in [-0.4, -0.2) is 27.9 Å². The molecule has 0 amide bonds. The third-order valence-corrected chi connectivity index (χ3v) is 3.32. The van der Waals surface area contributed by atoms with Gasteiger partial charge >= 0.3 is 0 Å². The molecule has 1 aromatic carbocycles. The number of ether oxygens (including phenoxy) is 1. The molecule has 2 rings (SSSR count). The van der Waals surface area contributed by atoms with Crippen LogP contribution < -0.4 is 10.5 Å². The molecule has 1 aromatic heterocycles. The van der Waals surface area contributed by atoms with Crippen molar-refractivity contribution < 1.29 is 9.84 Å². The number of fused-ring (bicyclic) bond motifs is 1. The average Bonchev–Trinajstić information content (AvgIpc) is 2.83. The molecule has 0 aliphatic carbocycles. The Kier molecular flexibility index (Phi) is 4.98.